The van der Waals surface area contributed by atoms with E-state index in [0.29, 0.717) is 24.6 Å². The largest absolute Gasteiger partial charge is 0.378 e. The number of anilines is 2. The van der Waals surface area contributed by atoms with Gasteiger partial charge in [0, 0.05) is 48.4 Å². The van der Waals surface area contributed by atoms with Gasteiger partial charge in [-0.1, -0.05) is 0 Å². The van der Waals surface area contributed by atoms with Gasteiger partial charge in [-0.2, -0.15) is 4.98 Å². The third kappa shape index (κ3) is 5.58. The summed E-state index contributed by atoms with van der Waals surface area (Å²) >= 11 is 1.65. The van der Waals surface area contributed by atoms with Crippen molar-refractivity contribution >= 4 is 29.4 Å². The van der Waals surface area contributed by atoms with Gasteiger partial charge in [0.1, 0.15) is 5.82 Å². The molecule has 1 aliphatic rings. The van der Waals surface area contributed by atoms with E-state index in [-0.39, 0.29) is 5.91 Å². The highest BCUT2D eigenvalue weighted by Crippen LogP contribution is 2.16. The van der Waals surface area contributed by atoms with Crippen LogP contribution >= 0.6 is 11.8 Å². The summed E-state index contributed by atoms with van der Waals surface area (Å²) in [7, 11) is 0. The molecule has 0 saturated carbocycles. The Balaban J connectivity index is 1.49. The summed E-state index contributed by atoms with van der Waals surface area (Å²) in [5, 5.41) is 6.10. The number of thioether (sulfide) groups is 1. The van der Waals surface area contributed by atoms with Gasteiger partial charge >= 0.3 is 0 Å². The maximum atomic E-state index is 12.2. The van der Waals surface area contributed by atoms with Crippen molar-refractivity contribution in [2.75, 3.05) is 55.9 Å². The summed E-state index contributed by atoms with van der Waals surface area (Å²) in [4.78, 5) is 24.5. The Bertz CT molecular complexity index is 763. The Labute approximate surface area is 163 Å². The van der Waals surface area contributed by atoms with Crippen LogP contribution in [0.2, 0.25) is 0 Å². The van der Waals surface area contributed by atoms with E-state index >= 15 is 0 Å². The number of rotatable bonds is 7. The van der Waals surface area contributed by atoms with E-state index in [0.717, 1.165) is 42.7 Å². The normalized spacial score (nSPS) is 14.1. The van der Waals surface area contributed by atoms with E-state index < -0.39 is 0 Å². The second-order valence-corrected chi connectivity index (χ2v) is 7.08. The molecule has 0 bridgehead atoms. The van der Waals surface area contributed by atoms with Gasteiger partial charge in [-0.15, -0.1) is 11.8 Å². The van der Waals surface area contributed by atoms with Crippen LogP contribution in [0.4, 0.5) is 11.8 Å². The standard InChI is InChI=1S/C19H25N5O2S/c1-14-13-17(24-9-11-26-12-10-24)23-19(22-14)21-8-7-20-18(25)15-3-5-16(27-2)6-4-15/h3-6,13H,7-12H2,1-2H3,(H,20,25)(H,21,22,23). The first-order chi connectivity index (χ1) is 13.2. The number of carbonyl (C=O) groups is 1. The van der Waals surface area contributed by atoms with Crippen molar-refractivity contribution in [3.63, 3.8) is 0 Å². The SMILES string of the molecule is CSc1ccc(C(=O)NCCNc2nc(C)cc(N3CCOCC3)n2)cc1. The lowest BCUT2D eigenvalue weighted by molar-refractivity contribution is 0.0955. The molecule has 27 heavy (non-hydrogen) atoms. The number of nitrogens with one attached hydrogen (secondary N) is 2. The molecule has 144 valence electrons. The molecule has 2 heterocycles. The Kier molecular flexibility index (Phi) is 6.89. The van der Waals surface area contributed by atoms with E-state index in [1.54, 1.807) is 11.8 Å². The molecule has 0 radical (unpaired) electrons. The summed E-state index contributed by atoms with van der Waals surface area (Å²) in [5.74, 6) is 1.41. The van der Waals surface area contributed by atoms with Gasteiger partial charge < -0.3 is 20.3 Å². The van der Waals surface area contributed by atoms with Crippen LogP contribution < -0.4 is 15.5 Å². The molecule has 3 rings (SSSR count). The summed E-state index contributed by atoms with van der Waals surface area (Å²) < 4.78 is 5.39. The molecule has 8 heteroatoms. The third-order valence-electron chi connectivity index (χ3n) is 4.22. The van der Waals surface area contributed by atoms with Crippen molar-refractivity contribution < 1.29 is 9.53 Å². The average Bonchev–Trinajstić information content (AvgIpc) is 2.71. The first-order valence-corrected chi connectivity index (χ1v) is 10.2. The van der Waals surface area contributed by atoms with E-state index in [4.69, 9.17) is 4.74 Å². The fraction of sp³-hybridized carbons (Fsp3) is 0.421. The molecule has 0 spiro atoms. The molecule has 2 N–H and O–H groups in total. The quantitative estimate of drug-likeness (QED) is 0.557. The minimum atomic E-state index is -0.0800. The molecule has 1 aromatic heterocycles. The maximum Gasteiger partial charge on any atom is 0.251 e. The number of carbonyl (C=O) groups excluding carboxylic acids is 1. The molecule has 1 saturated heterocycles. The predicted molar refractivity (Wildman–Crippen MR) is 109 cm³/mol. The predicted octanol–water partition coefficient (Wildman–Crippen LogP) is 2.19. The van der Waals surface area contributed by atoms with Gasteiger partial charge in [-0.25, -0.2) is 4.98 Å². The number of benzene rings is 1. The topological polar surface area (TPSA) is 79.4 Å². The molecule has 0 atom stereocenters. The number of nitrogens with zero attached hydrogens (tertiary/aromatic N) is 3. The smallest absolute Gasteiger partial charge is 0.251 e. The molecule has 2 aromatic rings. The van der Waals surface area contributed by atoms with Crippen LogP contribution in [0.1, 0.15) is 16.1 Å². The first-order valence-electron chi connectivity index (χ1n) is 9.00. The molecule has 0 aliphatic carbocycles. The lowest BCUT2D eigenvalue weighted by Crippen LogP contribution is -2.37. The summed E-state index contributed by atoms with van der Waals surface area (Å²) in [6.45, 7) is 6.11. The molecule has 1 aliphatic heterocycles. The van der Waals surface area contributed by atoms with Crippen LogP contribution in [0.15, 0.2) is 35.2 Å². The monoisotopic (exact) mass is 387 g/mol. The van der Waals surface area contributed by atoms with E-state index in [9.17, 15) is 4.79 Å². The van der Waals surface area contributed by atoms with Gasteiger partial charge in [0.25, 0.3) is 5.91 Å². The molecule has 1 amide bonds. The second-order valence-electron chi connectivity index (χ2n) is 6.20. The molecule has 7 nitrogen and oxygen atoms in total. The van der Waals surface area contributed by atoms with Crippen molar-refractivity contribution in [3.8, 4) is 0 Å². The van der Waals surface area contributed by atoms with Crippen molar-refractivity contribution in [1.82, 2.24) is 15.3 Å². The van der Waals surface area contributed by atoms with E-state index in [2.05, 4.69) is 25.5 Å². The zero-order valence-electron chi connectivity index (χ0n) is 15.7. The third-order valence-corrected chi connectivity index (χ3v) is 4.97. The first kappa shape index (κ1) is 19.4. The van der Waals surface area contributed by atoms with Gasteiger partial charge in [0.2, 0.25) is 5.95 Å². The van der Waals surface area contributed by atoms with Gasteiger partial charge in [-0.3, -0.25) is 4.79 Å². The van der Waals surface area contributed by atoms with Crippen LogP contribution in [0, 0.1) is 6.92 Å². The zero-order chi connectivity index (χ0) is 19.1. The average molecular weight is 388 g/mol. The van der Waals surface area contributed by atoms with Crippen molar-refractivity contribution in [1.29, 1.82) is 0 Å². The van der Waals surface area contributed by atoms with Crippen molar-refractivity contribution in [2.45, 2.75) is 11.8 Å². The van der Waals surface area contributed by atoms with Gasteiger partial charge in [0.15, 0.2) is 0 Å². The lowest BCUT2D eigenvalue weighted by atomic mass is 10.2. The molecule has 1 fully saturated rings. The minimum Gasteiger partial charge on any atom is -0.378 e. The molecular formula is C19H25N5O2S. The van der Waals surface area contributed by atoms with Crippen LogP contribution in [0.5, 0.6) is 0 Å². The summed E-state index contributed by atoms with van der Waals surface area (Å²) in [5.41, 5.74) is 1.57. The number of morpholine rings is 1. The fourth-order valence-corrected chi connectivity index (χ4v) is 3.19. The number of ether oxygens (including phenoxy) is 1. The zero-order valence-corrected chi connectivity index (χ0v) is 16.5. The van der Waals surface area contributed by atoms with E-state index in [1.165, 1.54) is 0 Å². The maximum absolute atomic E-state index is 12.2. The number of aromatic nitrogens is 2. The number of hydrogen-bond donors (Lipinski definition) is 2. The highest BCUT2D eigenvalue weighted by molar-refractivity contribution is 7.98. The number of aryl methyl sites for hydroxylation is 1. The van der Waals surface area contributed by atoms with Crippen molar-refractivity contribution in [3.05, 3.63) is 41.6 Å². The van der Waals surface area contributed by atoms with Crippen LogP contribution in [-0.2, 0) is 4.74 Å². The van der Waals surface area contributed by atoms with Crippen molar-refractivity contribution in [2.24, 2.45) is 0 Å². The second kappa shape index (κ2) is 9.57. The highest BCUT2D eigenvalue weighted by atomic mass is 32.2. The Hall–Kier alpha value is -2.32. The number of amides is 1. The fourth-order valence-electron chi connectivity index (χ4n) is 2.78. The molecule has 0 unspecified atom stereocenters. The van der Waals surface area contributed by atoms with Gasteiger partial charge in [-0.05, 0) is 37.4 Å². The van der Waals surface area contributed by atoms with Crippen LogP contribution in [0.3, 0.4) is 0 Å². The minimum absolute atomic E-state index is 0.0800. The molecule has 1 aromatic carbocycles. The van der Waals surface area contributed by atoms with E-state index in [1.807, 2.05) is 43.5 Å². The Morgan fingerprint density at radius 2 is 1.93 bits per heavy atom. The summed E-state index contributed by atoms with van der Waals surface area (Å²) in [6, 6.07) is 9.56. The lowest BCUT2D eigenvalue weighted by Gasteiger charge is -2.28. The van der Waals surface area contributed by atoms with Crippen LogP contribution in [0.25, 0.3) is 0 Å². The Morgan fingerprint density at radius 1 is 1.19 bits per heavy atom. The van der Waals surface area contributed by atoms with Crippen LogP contribution in [-0.4, -0.2) is 61.5 Å². The Morgan fingerprint density at radius 3 is 2.63 bits per heavy atom. The number of hydrogen-bond acceptors (Lipinski definition) is 7. The highest BCUT2D eigenvalue weighted by Gasteiger charge is 2.14. The molecular weight excluding hydrogens is 362 g/mol. The van der Waals surface area contributed by atoms with Gasteiger partial charge in [0.05, 0.1) is 13.2 Å². The summed E-state index contributed by atoms with van der Waals surface area (Å²) in [6.07, 6.45) is 2.01.